The maximum absolute atomic E-state index is 12.6. The molecule has 0 radical (unpaired) electrons. The Kier molecular flexibility index (Phi) is 8.00. The number of rotatable bonds is 7. The molecule has 2 aromatic rings. The highest BCUT2D eigenvalue weighted by atomic mass is 16.1. The van der Waals surface area contributed by atoms with Gasteiger partial charge < -0.3 is 10.2 Å². The van der Waals surface area contributed by atoms with E-state index in [-0.39, 0.29) is 5.91 Å². The minimum Gasteiger partial charge on any atom is -0.367 e. The van der Waals surface area contributed by atoms with Gasteiger partial charge >= 0.3 is 0 Å². The quantitative estimate of drug-likeness (QED) is 0.603. The first-order valence-corrected chi connectivity index (χ1v) is 12.2. The fourth-order valence-electron chi connectivity index (χ4n) is 5.12. The van der Waals surface area contributed by atoms with Gasteiger partial charge in [0, 0.05) is 38.6 Å². The first-order valence-electron chi connectivity index (χ1n) is 12.2. The van der Waals surface area contributed by atoms with Gasteiger partial charge in [-0.15, -0.1) is 0 Å². The Morgan fingerprint density at radius 1 is 0.839 bits per heavy atom. The van der Waals surface area contributed by atoms with E-state index in [1.54, 1.807) is 0 Å². The van der Waals surface area contributed by atoms with Gasteiger partial charge in [0.1, 0.15) is 0 Å². The zero-order valence-corrected chi connectivity index (χ0v) is 18.8. The van der Waals surface area contributed by atoms with Crippen LogP contribution in [0.2, 0.25) is 0 Å². The summed E-state index contributed by atoms with van der Waals surface area (Å²) in [7, 11) is 0. The smallest absolute Gasteiger partial charge is 0.224 e. The third-order valence-electron chi connectivity index (χ3n) is 6.89. The lowest BCUT2D eigenvalue weighted by Gasteiger charge is -2.40. The van der Waals surface area contributed by atoms with Gasteiger partial charge in [0.05, 0.1) is 11.4 Å². The van der Waals surface area contributed by atoms with E-state index in [0.29, 0.717) is 6.42 Å². The molecule has 1 heterocycles. The summed E-state index contributed by atoms with van der Waals surface area (Å²) in [6, 6.07) is 19.5. The van der Waals surface area contributed by atoms with Crippen molar-refractivity contribution in [1.29, 1.82) is 0 Å². The van der Waals surface area contributed by atoms with E-state index in [1.807, 2.05) is 18.2 Å². The summed E-state index contributed by atoms with van der Waals surface area (Å²) >= 11 is 0. The highest BCUT2D eigenvalue weighted by molar-refractivity contribution is 5.94. The fourth-order valence-corrected chi connectivity index (χ4v) is 5.12. The van der Waals surface area contributed by atoms with Gasteiger partial charge in [0.15, 0.2) is 0 Å². The normalized spacial score (nSPS) is 18.5. The van der Waals surface area contributed by atoms with Crippen LogP contribution in [-0.4, -0.2) is 43.0 Å². The van der Waals surface area contributed by atoms with Crippen LogP contribution in [0.25, 0.3) is 0 Å². The third-order valence-corrected chi connectivity index (χ3v) is 6.89. The summed E-state index contributed by atoms with van der Waals surface area (Å²) in [5.41, 5.74) is 3.41. The van der Waals surface area contributed by atoms with Crippen molar-refractivity contribution in [3.63, 3.8) is 0 Å². The van der Waals surface area contributed by atoms with Crippen molar-refractivity contribution in [2.45, 2.75) is 63.8 Å². The van der Waals surface area contributed by atoms with E-state index in [2.05, 4.69) is 51.5 Å². The molecular weight excluding hydrogens is 382 g/mol. The second-order valence-electron chi connectivity index (χ2n) is 9.07. The molecule has 166 valence electrons. The van der Waals surface area contributed by atoms with Gasteiger partial charge in [-0.25, -0.2) is 0 Å². The van der Waals surface area contributed by atoms with Crippen LogP contribution < -0.4 is 10.2 Å². The monoisotopic (exact) mass is 419 g/mol. The predicted molar refractivity (Wildman–Crippen MR) is 130 cm³/mol. The van der Waals surface area contributed by atoms with Crippen molar-refractivity contribution in [2.24, 2.45) is 0 Å². The lowest BCUT2D eigenvalue weighted by atomic mass is 10.1. The molecule has 1 saturated heterocycles. The second kappa shape index (κ2) is 11.3. The van der Waals surface area contributed by atoms with Crippen molar-refractivity contribution in [3.05, 3.63) is 60.2 Å². The number of carbonyl (C=O) groups is 1. The van der Waals surface area contributed by atoms with E-state index in [9.17, 15) is 4.79 Å². The molecule has 2 aromatic carbocycles. The molecule has 0 bridgehead atoms. The molecule has 4 rings (SSSR count). The Morgan fingerprint density at radius 2 is 1.52 bits per heavy atom. The fraction of sp³-hybridized carbons (Fsp3) is 0.519. The van der Waals surface area contributed by atoms with Gasteiger partial charge in [-0.2, -0.15) is 0 Å². The Hall–Kier alpha value is -2.33. The number of nitrogens with zero attached hydrogens (tertiary/aromatic N) is 2. The molecule has 2 fully saturated rings. The summed E-state index contributed by atoms with van der Waals surface area (Å²) in [4.78, 5) is 17.8. The average Bonchev–Trinajstić information content (AvgIpc) is 3.10. The number of anilines is 2. The van der Waals surface area contributed by atoms with Crippen LogP contribution in [0.5, 0.6) is 0 Å². The Bertz CT molecular complexity index is 806. The number of piperazine rings is 1. The lowest BCUT2D eigenvalue weighted by Crippen LogP contribution is -2.50. The molecule has 31 heavy (non-hydrogen) atoms. The molecule has 0 spiro atoms. The Morgan fingerprint density at radius 3 is 2.26 bits per heavy atom. The Balaban J connectivity index is 1.28. The van der Waals surface area contributed by atoms with Crippen LogP contribution >= 0.6 is 0 Å². The number of nitrogens with one attached hydrogen (secondary N) is 1. The van der Waals surface area contributed by atoms with Crippen molar-refractivity contribution in [2.75, 3.05) is 36.4 Å². The summed E-state index contributed by atoms with van der Waals surface area (Å²) in [5.74, 6) is 0.112. The van der Waals surface area contributed by atoms with E-state index in [1.165, 1.54) is 49.8 Å². The van der Waals surface area contributed by atoms with Crippen molar-refractivity contribution in [1.82, 2.24) is 4.90 Å². The molecule has 0 atom stereocenters. The summed E-state index contributed by atoms with van der Waals surface area (Å²) < 4.78 is 0. The second-order valence-corrected chi connectivity index (χ2v) is 9.07. The topological polar surface area (TPSA) is 35.6 Å². The summed E-state index contributed by atoms with van der Waals surface area (Å²) in [5, 5.41) is 3.18. The van der Waals surface area contributed by atoms with Crippen LogP contribution in [0.15, 0.2) is 54.6 Å². The van der Waals surface area contributed by atoms with Gasteiger partial charge in [-0.05, 0) is 43.4 Å². The minimum atomic E-state index is 0.112. The largest absolute Gasteiger partial charge is 0.367 e. The number of carbonyl (C=O) groups excluding carboxylic acids is 1. The maximum atomic E-state index is 12.6. The number of aryl methyl sites for hydroxylation is 1. The molecule has 1 saturated carbocycles. The van der Waals surface area contributed by atoms with Crippen LogP contribution in [0.1, 0.15) is 56.9 Å². The third kappa shape index (κ3) is 6.33. The number of hydrogen-bond acceptors (Lipinski definition) is 3. The molecule has 1 aliphatic carbocycles. The summed E-state index contributed by atoms with van der Waals surface area (Å²) in [6.07, 6.45) is 10.7. The maximum Gasteiger partial charge on any atom is 0.224 e. The van der Waals surface area contributed by atoms with E-state index in [0.717, 1.165) is 50.7 Å². The summed E-state index contributed by atoms with van der Waals surface area (Å²) in [6.45, 7) is 4.34. The van der Waals surface area contributed by atoms with Gasteiger partial charge in [-0.3, -0.25) is 9.69 Å². The number of hydrogen-bond donors (Lipinski definition) is 1. The van der Waals surface area contributed by atoms with Crippen molar-refractivity contribution in [3.8, 4) is 0 Å². The van der Waals surface area contributed by atoms with Gasteiger partial charge in [0.2, 0.25) is 5.91 Å². The molecule has 1 N–H and O–H groups in total. The highest BCUT2D eigenvalue weighted by Crippen LogP contribution is 2.29. The SMILES string of the molecule is O=C(CCCc1ccccc1)Nc1ccccc1N1CCN(C2CCCCCC2)CC1. The zero-order chi connectivity index (χ0) is 21.3. The molecule has 2 aliphatic rings. The number of para-hydroxylation sites is 2. The molecule has 4 nitrogen and oxygen atoms in total. The van der Waals surface area contributed by atoms with Gasteiger partial charge in [0.25, 0.3) is 0 Å². The zero-order valence-electron chi connectivity index (χ0n) is 18.8. The minimum absolute atomic E-state index is 0.112. The predicted octanol–water partition coefficient (Wildman–Crippen LogP) is 5.49. The van der Waals surface area contributed by atoms with Gasteiger partial charge in [-0.1, -0.05) is 68.1 Å². The first kappa shape index (κ1) is 21.9. The first-order chi connectivity index (χ1) is 15.3. The lowest BCUT2D eigenvalue weighted by molar-refractivity contribution is -0.116. The van der Waals surface area contributed by atoms with Crippen molar-refractivity contribution >= 4 is 17.3 Å². The standard InChI is InChI=1S/C27H37N3O/c31-27(18-10-13-23-11-4-3-5-12-23)28-25-16-8-9-17-26(25)30-21-19-29(20-22-30)24-14-6-1-2-7-15-24/h3-5,8-9,11-12,16-17,24H,1-2,6-7,10,13-15,18-22H2,(H,28,31). The molecule has 4 heteroatoms. The molecule has 1 amide bonds. The van der Waals surface area contributed by atoms with Crippen LogP contribution in [0.3, 0.4) is 0 Å². The van der Waals surface area contributed by atoms with Crippen molar-refractivity contribution < 1.29 is 4.79 Å². The van der Waals surface area contributed by atoms with Crippen LogP contribution in [0, 0.1) is 0 Å². The molecule has 0 unspecified atom stereocenters. The molecular formula is C27H37N3O. The number of benzene rings is 2. The van der Waals surface area contributed by atoms with E-state index in [4.69, 9.17) is 0 Å². The highest BCUT2D eigenvalue weighted by Gasteiger charge is 2.25. The van der Waals surface area contributed by atoms with E-state index >= 15 is 0 Å². The number of amides is 1. The van der Waals surface area contributed by atoms with E-state index < -0.39 is 0 Å². The van der Waals surface area contributed by atoms with Crippen LogP contribution in [-0.2, 0) is 11.2 Å². The average molecular weight is 420 g/mol. The molecule has 1 aliphatic heterocycles. The Labute approximate surface area is 187 Å². The molecule has 0 aromatic heterocycles. The van der Waals surface area contributed by atoms with Crippen LogP contribution in [0.4, 0.5) is 11.4 Å².